The van der Waals surface area contributed by atoms with Gasteiger partial charge in [0.15, 0.2) is 0 Å². The van der Waals surface area contributed by atoms with E-state index in [2.05, 4.69) is 10.3 Å². The van der Waals surface area contributed by atoms with Gasteiger partial charge in [-0.1, -0.05) is 0 Å². The number of carbonyl (C=O) groups excluding carboxylic acids is 1. The highest BCUT2D eigenvalue weighted by Crippen LogP contribution is 2.11. The predicted molar refractivity (Wildman–Crippen MR) is 77.1 cm³/mol. The molecule has 2 aromatic rings. The molecule has 0 fully saturated rings. The highest BCUT2D eigenvalue weighted by molar-refractivity contribution is 5.91. The lowest BCUT2D eigenvalue weighted by molar-refractivity contribution is 0.0697. The summed E-state index contributed by atoms with van der Waals surface area (Å²) in [4.78, 5) is 28.4. The molecule has 2 rings (SSSR count). The molecule has 0 aliphatic rings. The van der Waals surface area contributed by atoms with Crippen LogP contribution in [0.25, 0.3) is 0 Å². The first-order chi connectivity index (χ1) is 9.97. The summed E-state index contributed by atoms with van der Waals surface area (Å²) in [5.74, 6) is -0.228. The number of carbonyl (C=O) groups is 2. The number of aromatic nitrogens is 2. The predicted octanol–water partition coefficient (Wildman–Crippen LogP) is 1.78. The molecule has 0 aliphatic carbocycles. The van der Waals surface area contributed by atoms with Gasteiger partial charge in [0.1, 0.15) is 5.82 Å². The van der Waals surface area contributed by atoms with Crippen molar-refractivity contribution >= 4 is 17.7 Å². The Balaban J connectivity index is 1.97. The van der Waals surface area contributed by atoms with Crippen LogP contribution in [0.2, 0.25) is 0 Å². The number of carboxylic acid groups (broad SMARTS) is 1. The van der Waals surface area contributed by atoms with E-state index in [0.29, 0.717) is 12.2 Å². The van der Waals surface area contributed by atoms with E-state index in [9.17, 15) is 9.59 Å². The van der Waals surface area contributed by atoms with Gasteiger partial charge in [-0.2, -0.15) is 0 Å². The third kappa shape index (κ3) is 3.59. The van der Waals surface area contributed by atoms with Crippen molar-refractivity contribution in [1.29, 1.82) is 0 Å². The Labute approximate surface area is 121 Å². The van der Waals surface area contributed by atoms with Crippen LogP contribution in [0, 0.1) is 0 Å². The molecule has 0 atom stereocenters. The zero-order chi connectivity index (χ0) is 15.4. The number of nitrogens with zero attached hydrogens (tertiary/aromatic N) is 3. The zero-order valence-corrected chi connectivity index (χ0v) is 11.8. The summed E-state index contributed by atoms with van der Waals surface area (Å²) in [6.07, 6.45) is 3.48. The molecule has 1 heterocycles. The monoisotopic (exact) mass is 288 g/mol. The lowest BCUT2D eigenvalue weighted by Gasteiger charge is -2.17. The number of benzene rings is 1. The maximum atomic E-state index is 12.0. The summed E-state index contributed by atoms with van der Waals surface area (Å²) in [6.45, 7) is 0.378. The number of amides is 2. The van der Waals surface area contributed by atoms with Gasteiger partial charge in [0.25, 0.3) is 0 Å². The maximum absolute atomic E-state index is 12.0. The normalized spacial score (nSPS) is 10.2. The van der Waals surface area contributed by atoms with Crippen molar-refractivity contribution in [2.24, 2.45) is 7.05 Å². The first-order valence-electron chi connectivity index (χ1n) is 6.29. The van der Waals surface area contributed by atoms with Gasteiger partial charge in [-0.05, 0) is 24.3 Å². The minimum atomic E-state index is -1.00. The minimum Gasteiger partial charge on any atom is -0.478 e. The molecule has 7 nitrogen and oxygen atoms in total. The number of carboxylic acids is 1. The van der Waals surface area contributed by atoms with Gasteiger partial charge in [-0.3, -0.25) is 0 Å². The van der Waals surface area contributed by atoms with E-state index < -0.39 is 5.97 Å². The van der Waals surface area contributed by atoms with Gasteiger partial charge in [0.2, 0.25) is 0 Å². The second kappa shape index (κ2) is 6.08. The summed E-state index contributed by atoms with van der Waals surface area (Å²) < 4.78 is 1.84. The van der Waals surface area contributed by atoms with Gasteiger partial charge in [0, 0.05) is 32.2 Å². The minimum absolute atomic E-state index is 0.175. The number of aromatic carboxylic acids is 1. The molecule has 0 saturated heterocycles. The van der Waals surface area contributed by atoms with Crippen molar-refractivity contribution in [3.63, 3.8) is 0 Å². The Bertz CT molecular complexity index is 648. The molecule has 7 heteroatoms. The van der Waals surface area contributed by atoms with Crippen LogP contribution in [0.4, 0.5) is 10.5 Å². The molecule has 0 radical (unpaired) electrons. The number of aryl methyl sites for hydroxylation is 1. The summed E-state index contributed by atoms with van der Waals surface area (Å²) in [5, 5.41) is 11.5. The number of nitrogens with one attached hydrogen (secondary N) is 1. The van der Waals surface area contributed by atoms with E-state index in [1.807, 2.05) is 17.8 Å². The first kappa shape index (κ1) is 14.6. The molecule has 0 unspecified atom stereocenters. The van der Waals surface area contributed by atoms with E-state index in [0.717, 1.165) is 5.82 Å². The van der Waals surface area contributed by atoms with Crippen LogP contribution in [0.5, 0.6) is 0 Å². The average molecular weight is 288 g/mol. The van der Waals surface area contributed by atoms with E-state index in [1.165, 1.54) is 17.0 Å². The summed E-state index contributed by atoms with van der Waals surface area (Å²) in [5.41, 5.74) is 0.714. The van der Waals surface area contributed by atoms with Crippen LogP contribution >= 0.6 is 0 Å². The van der Waals surface area contributed by atoms with Crippen LogP contribution in [-0.2, 0) is 13.6 Å². The summed E-state index contributed by atoms with van der Waals surface area (Å²) >= 11 is 0. The van der Waals surface area contributed by atoms with Crippen LogP contribution < -0.4 is 5.32 Å². The molecule has 2 amide bonds. The number of urea groups is 1. The Morgan fingerprint density at radius 1 is 1.33 bits per heavy atom. The fourth-order valence-electron chi connectivity index (χ4n) is 1.75. The first-order valence-corrected chi connectivity index (χ1v) is 6.29. The Morgan fingerprint density at radius 3 is 2.52 bits per heavy atom. The smallest absolute Gasteiger partial charge is 0.335 e. The quantitative estimate of drug-likeness (QED) is 0.897. The van der Waals surface area contributed by atoms with Gasteiger partial charge in [0.05, 0.1) is 12.1 Å². The Morgan fingerprint density at radius 2 is 2.00 bits per heavy atom. The lowest BCUT2D eigenvalue weighted by atomic mass is 10.2. The molecular formula is C14H16N4O3. The fraction of sp³-hybridized carbons (Fsp3) is 0.214. The molecule has 0 aliphatic heterocycles. The van der Waals surface area contributed by atoms with Crippen LogP contribution in [0.1, 0.15) is 16.2 Å². The lowest BCUT2D eigenvalue weighted by Crippen LogP contribution is -2.31. The number of anilines is 1. The SMILES string of the molecule is CN(Cc1nccn1C)C(=O)Nc1ccc(C(=O)O)cc1. The zero-order valence-electron chi connectivity index (χ0n) is 11.8. The molecule has 0 bridgehead atoms. The standard InChI is InChI=1S/C14H16N4O3/c1-17-8-7-15-12(17)9-18(2)14(21)16-11-5-3-10(4-6-11)13(19)20/h3-8H,9H2,1-2H3,(H,16,21)(H,19,20). The third-order valence-electron chi connectivity index (χ3n) is 3.03. The van der Waals surface area contributed by atoms with E-state index in [1.54, 1.807) is 25.4 Å². The molecule has 21 heavy (non-hydrogen) atoms. The molecule has 1 aromatic carbocycles. The molecule has 110 valence electrons. The van der Waals surface area contributed by atoms with Crippen molar-refractivity contribution in [1.82, 2.24) is 14.5 Å². The van der Waals surface area contributed by atoms with E-state index >= 15 is 0 Å². The molecule has 1 aromatic heterocycles. The molecule has 0 spiro atoms. The Kier molecular flexibility index (Phi) is 4.22. The van der Waals surface area contributed by atoms with Crippen LogP contribution in [0.15, 0.2) is 36.7 Å². The van der Waals surface area contributed by atoms with Gasteiger partial charge >= 0.3 is 12.0 Å². The van der Waals surface area contributed by atoms with Crippen molar-refractivity contribution in [2.45, 2.75) is 6.54 Å². The third-order valence-corrected chi connectivity index (χ3v) is 3.03. The Hall–Kier alpha value is -2.83. The number of imidazole rings is 1. The molecule has 2 N–H and O–H groups in total. The highest BCUT2D eigenvalue weighted by atomic mass is 16.4. The second-order valence-corrected chi connectivity index (χ2v) is 4.62. The number of rotatable bonds is 4. The number of hydrogen-bond acceptors (Lipinski definition) is 3. The van der Waals surface area contributed by atoms with Crippen molar-refractivity contribution < 1.29 is 14.7 Å². The largest absolute Gasteiger partial charge is 0.478 e. The fourth-order valence-corrected chi connectivity index (χ4v) is 1.75. The van der Waals surface area contributed by atoms with Crippen molar-refractivity contribution in [2.75, 3.05) is 12.4 Å². The van der Waals surface area contributed by atoms with E-state index in [4.69, 9.17) is 5.11 Å². The number of hydrogen-bond donors (Lipinski definition) is 2. The average Bonchev–Trinajstić information content (AvgIpc) is 2.84. The summed E-state index contributed by atoms with van der Waals surface area (Å²) in [6, 6.07) is 5.69. The maximum Gasteiger partial charge on any atom is 0.335 e. The van der Waals surface area contributed by atoms with Crippen molar-refractivity contribution in [3.05, 3.63) is 48.0 Å². The molecular weight excluding hydrogens is 272 g/mol. The topological polar surface area (TPSA) is 87.5 Å². The van der Waals surface area contributed by atoms with Gasteiger partial charge in [-0.25, -0.2) is 14.6 Å². The van der Waals surface area contributed by atoms with Crippen molar-refractivity contribution in [3.8, 4) is 0 Å². The van der Waals surface area contributed by atoms with Crippen LogP contribution in [0.3, 0.4) is 0 Å². The summed E-state index contributed by atoms with van der Waals surface area (Å²) in [7, 11) is 3.52. The van der Waals surface area contributed by atoms with E-state index in [-0.39, 0.29) is 11.6 Å². The second-order valence-electron chi connectivity index (χ2n) is 4.62. The molecule has 0 saturated carbocycles. The highest BCUT2D eigenvalue weighted by Gasteiger charge is 2.12. The van der Waals surface area contributed by atoms with Gasteiger partial charge < -0.3 is 19.9 Å². The van der Waals surface area contributed by atoms with Crippen LogP contribution in [-0.4, -0.2) is 38.6 Å². The van der Waals surface area contributed by atoms with Gasteiger partial charge in [-0.15, -0.1) is 0 Å².